The molecule has 1 unspecified atom stereocenters. The van der Waals surface area contributed by atoms with Crippen molar-refractivity contribution >= 4 is 17.3 Å². The van der Waals surface area contributed by atoms with Crippen LogP contribution in [0.3, 0.4) is 0 Å². The maximum atomic E-state index is 12.0. The van der Waals surface area contributed by atoms with Crippen LogP contribution in [0.5, 0.6) is 0 Å². The molecule has 0 aromatic heterocycles. The molecule has 0 amide bonds. The van der Waals surface area contributed by atoms with Crippen molar-refractivity contribution < 1.29 is 18.3 Å². The Kier molecular flexibility index (Phi) is 4.21. The highest BCUT2D eigenvalue weighted by Crippen LogP contribution is 2.25. The third kappa shape index (κ3) is 3.51. The van der Waals surface area contributed by atoms with Crippen molar-refractivity contribution in [2.45, 2.75) is 12.3 Å². The fourth-order valence-corrected chi connectivity index (χ4v) is 1.32. The molecule has 0 aliphatic heterocycles. The molecule has 92 valence electrons. The van der Waals surface area contributed by atoms with Crippen molar-refractivity contribution in [2.75, 3.05) is 11.9 Å². The Morgan fingerprint density at radius 1 is 1.47 bits per heavy atom. The summed E-state index contributed by atoms with van der Waals surface area (Å²) in [7, 11) is 0. The number of aliphatic hydroxyl groups is 1. The van der Waals surface area contributed by atoms with E-state index in [1.54, 1.807) is 6.07 Å². The van der Waals surface area contributed by atoms with Crippen LogP contribution in [-0.4, -0.2) is 23.9 Å². The number of alkyl halides is 3. The van der Waals surface area contributed by atoms with Crippen molar-refractivity contribution in [1.82, 2.24) is 0 Å². The molecule has 17 heavy (non-hydrogen) atoms. The van der Waals surface area contributed by atoms with Crippen molar-refractivity contribution in [3.63, 3.8) is 0 Å². The topological polar surface area (TPSA) is 56.0 Å². The summed E-state index contributed by atoms with van der Waals surface area (Å²) >= 11 is 5.69. The SMILES string of the molecule is N#Cc1c(Cl)cccc1NCC(O)C(F)(F)F. The third-order valence-electron chi connectivity index (χ3n) is 1.99. The number of nitrogens with zero attached hydrogens (tertiary/aromatic N) is 1. The smallest absolute Gasteiger partial charge is 0.382 e. The lowest BCUT2D eigenvalue weighted by molar-refractivity contribution is -0.198. The van der Waals surface area contributed by atoms with E-state index in [2.05, 4.69) is 5.32 Å². The van der Waals surface area contributed by atoms with Gasteiger partial charge in [0.15, 0.2) is 6.10 Å². The van der Waals surface area contributed by atoms with Gasteiger partial charge in [-0.15, -0.1) is 0 Å². The zero-order valence-electron chi connectivity index (χ0n) is 8.42. The Morgan fingerprint density at radius 2 is 2.12 bits per heavy atom. The fourth-order valence-electron chi connectivity index (χ4n) is 1.11. The van der Waals surface area contributed by atoms with Crippen LogP contribution in [0.4, 0.5) is 18.9 Å². The molecule has 2 N–H and O–H groups in total. The van der Waals surface area contributed by atoms with E-state index in [1.165, 1.54) is 18.2 Å². The van der Waals surface area contributed by atoms with E-state index in [9.17, 15) is 13.2 Å². The molecule has 1 atom stereocenters. The zero-order chi connectivity index (χ0) is 13.1. The van der Waals surface area contributed by atoms with E-state index in [0.717, 1.165) is 0 Å². The summed E-state index contributed by atoms with van der Waals surface area (Å²) in [5, 5.41) is 20.0. The van der Waals surface area contributed by atoms with Gasteiger partial charge in [-0.2, -0.15) is 18.4 Å². The molecule has 7 heteroatoms. The highest BCUT2D eigenvalue weighted by Gasteiger charge is 2.37. The molecule has 0 heterocycles. The number of halogens is 4. The first-order valence-electron chi connectivity index (χ1n) is 4.53. The molecule has 3 nitrogen and oxygen atoms in total. The monoisotopic (exact) mass is 264 g/mol. The van der Waals surface area contributed by atoms with E-state index in [4.69, 9.17) is 22.0 Å². The lowest BCUT2D eigenvalue weighted by Gasteiger charge is -2.16. The average Bonchev–Trinajstić information content (AvgIpc) is 2.24. The number of hydrogen-bond acceptors (Lipinski definition) is 3. The molecule has 0 spiro atoms. The van der Waals surface area contributed by atoms with E-state index < -0.39 is 18.8 Å². The average molecular weight is 265 g/mol. The van der Waals surface area contributed by atoms with Gasteiger partial charge in [0.05, 0.1) is 16.3 Å². The van der Waals surface area contributed by atoms with Gasteiger partial charge < -0.3 is 10.4 Å². The minimum absolute atomic E-state index is 0.0449. The number of rotatable bonds is 3. The van der Waals surface area contributed by atoms with Gasteiger partial charge in [-0.25, -0.2) is 0 Å². The Bertz CT molecular complexity index is 442. The van der Waals surface area contributed by atoms with E-state index in [0.29, 0.717) is 0 Å². The number of nitriles is 1. The van der Waals surface area contributed by atoms with Crippen LogP contribution in [0.25, 0.3) is 0 Å². The van der Waals surface area contributed by atoms with Gasteiger partial charge in [-0.05, 0) is 12.1 Å². The Balaban J connectivity index is 2.78. The standard InChI is InChI=1S/C10H8ClF3N2O/c11-7-2-1-3-8(6(7)4-15)16-5-9(17)10(12,13)14/h1-3,9,16-17H,5H2. The van der Waals surface area contributed by atoms with Crippen LogP contribution in [0.1, 0.15) is 5.56 Å². The highest BCUT2D eigenvalue weighted by atomic mass is 35.5. The lowest BCUT2D eigenvalue weighted by Crippen LogP contribution is -2.35. The summed E-state index contributed by atoms with van der Waals surface area (Å²) in [4.78, 5) is 0. The second kappa shape index (κ2) is 5.25. The summed E-state index contributed by atoms with van der Waals surface area (Å²) < 4.78 is 36.1. The Morgan fingerprint density at radius 3 is 2.65 bits per heavy atom. The molecule has 0 fully saturated rings. The first-order chi connectivity index (χ1) is 7.86. The van der Waals surface area contributed by atoms with Crippen molar-refractivity contribution in [3.8, 4) is 6.07 Å². The molecular formula is C10H8ClF3N2O. The highest BCUT2D eigenvalue weighted by molar-refractivity contribution is 6.32. The molecule has 1 aromatic rings. The first-order valence-corrected chi connectivity index (χ1v) is 4.91. The number of nitrogens with one attached hydrogen (secondary N) is 1. The first kappa shape index (κ1) is 13.6. The van der Waals surface area contributed by atoms with Crippen LogP contribution < -0.4 is 5.32 Å². The van der Waals surface area contributed by atoms with Gasteiger partial charge in [-0.1, -0.05) is 17.7 Å². The number of benzene rings is 1. The number of anilines is 1. The third-order valence-corrected chi connectivity index (χ3v) is 2.30. The summed E-state index contributed by atoms with van der Waals surface area (Å²) in [6.07, 6.45) is -7.19. The van der Waals surface area contributed by atoms with E-state index in [1.807, 2.05) is 0 Å². The van der Waals surface area contributed by atoms with Crippen LogP contribution in [0.2, 0.25) is 5.02 Å². The van der Waals surface area contributed by atoms with Gasteiger partial charge in [0.2, 0.25) is 0 Å². The molecule has 0 saturated heterocycles. The maximum absolute atomic E-state index is 12.0. The Labute approximate surface area is 100 Å². The fraction of sp³-hybridized carbons (Fsp3) is 0.300. The van der Waals surface area contributed by atoms with Gasteiger partial charge >= 0.3 is 6.18 Å². The predicted molar refractivity (Wildman–Crippen MR) is 56.7 cm³/mol. The lowest BCUT2D eigenvalue weighted by atomic mass is 10.2. The van der Waals surface area contributed by atoms with Crippen molar-refractivity contribution in [2.24, 2.45) is 0 Å². The summed E-state index contributed by atoms with van der Waals surface area (Å²) in [6.45, 7) is -0.738. The molecule has 1 aromatic carbocycles. The van der Waals surface area contributed by atoms with Gasteiger partial charge in [0, 0.05) is 6.54 Å². The molecule has 0 saturated carbocycles. The van der Waals surface area contributed by atoms with E-state index in [-0.39, 0.29) is 16.3 Å². The molecule has 0 aliphatic carbocycles. The minimum Gasteiger partial charge on any atom is -0.382 e. The van der Waals surface area contributed by atoms with Gasteiger partial charge in [0.25, 0.3) is 0 Å². The van der Waals surface area contributed by atoms with Crippen LogP contribution in [-0.2, 0) is 0 Å². The molecule has 1 rings (SSSR count). The van der Waals surface area contributed by atoms with E-state index >= 15 is 0 Å². The molecule has 0 radical (unpaired) electrons. The molecular weight excluding hydrogens is 257 g/mol. The van der Waals surface area contributed by atoms with Crippen molar-refractivity contribution in [1.29, 1.82) is 5.26 Å². The molecule has 0 aliphatic rings. The van der Waals surface area contributed by atoms with Crippen molar-refractivity contribution in [3.05, 3.63) is 28.8 Å². The summed E-state index contributed by atoms with van der Waals surface area (Å²) in [5.41, 5.74) is 0.201. The zero-order valence-corrected chi connectivity index (χ0v) is 9.18. The molecule has 0 bridgehead atoms. The van der Waals surface area contributed by atoms with Crippen LogP contribution in [0.15, 0.2) is 18.2 Å². The normalized spacial score (nSPS) is 12.9. The number of hydrogen-bond donors (Lipinski definition) is 2. The number of aliphatic hydroxyl groups excluding tert-OH is 1. The quantitative estimate of drug-likeness (QED) is 0.882. The maximum Gasteiger partial charge on any atom is 0.416 e. The second-order valence-electron chi connectivity index (χ2n) is 3.21. The second-order valence-corrected chi connectivity index (χ2v) is 3.62. The van der Waals surface area contributed by atoms with Crippen LogP contribution >= 0.6 is 11.6 Å². The van der Waals surface area contributed by atoms with Gasteiger partial charge in [-0.3, -0.25) is 0 Å². The summed E-state index contributed by atoms with van der Waals surface area (Å²) in [6, 6.07) is 6.12. The largest absolute Gasteiger partial charge is 0.416 e. The summed E-state index contributed by atoms with van der Waals surface area (Å²) in [5.74, 6) is 0. The van der Waals surface area contributed by atoms with Gasteiger partial charge in [0.1, 0.15) is 6.07 Å². The van der Waals surface area contributed by atoms with Crippen LogP contribution in [0, 0.1) is 11.3 Å². The Hall–Kier alpha value is -1.45. The predicted octanol–water partition coefficient (Wildman–Crippen LogP) is 2.55. The minimum atomic E-state index is -4.70.